The molecule has 1 aromatic heterocycles. The summed E-state index contributed by atoms with van der Waals surface area (Å²) in [5.41, 5.74) is 12.2. The summed E-state index contributed by atoms with van der Waals surface area (Å²) in [7, 11) is 3.69. The lowest BCUT2D eigenvalue weighted by Crippen LogP contribution is -2.34. The van der Waals surface area contributed by atoms with Crippen molar-refractivity contribution in [2.75, 3.05) is 53.6 Å². The van der Waals surface area contributed by atoms with E-state index in [0.717, 1.165) is 76.6 Å². The van der Waals surface area contributed by atoms with E-state index in [2.05, 4.69) is 41.0 Å². The molecule has 5 N–H and O–H groups in total. The molecule has 0 radical (unpaired) electrons. The van der Waals surface area contributed by atoms with Gasteiger partial charge < -0.3 is 35.9 Å². The van der Waals surface area contributed by atoms with E-state index in [9.17, 15) is 9.59 Å². The third-order valence-electron chi connectivity index (χ3n) is 8.87. The number of nitrogens with two attached hydrogens (primary N) is 2. The fourth-order valence-corrected chi connectivity index (χ4v) is 6.28. The molecule has 1 aliphatic carbocycles. The minimum atomic E-state index is -0.580. The lowest BCUT2D eigenvalue weighted by Gasteiger charge is -2.29. The molecule has 1 aliphatic heterocycles. The molecule has 44 heavy (non-hydrogen) atoms. The Hall–Kier alpha value is -3.39. The van der Waals surface area contributed by atoms with Crippen molar-refractivity contribution in [2.24, 2.45) is 29.2 Å². The quantitative estimate of drug-likeness (QED) is 0.206. The van der Waals surface area contributed by atoms with Crippen molar-refractivity contribution < 1.29 is 23.8 Å². The van der Waals surface area contributed by atoms with Crippen molar-refractivity contribution in [3.05, 3.63) is 29.5 Å². The van der Waals surface area contributed by atoms with Gasteiger partial charge in [-0.15, -0.1) is 0 Å². The summed E-state index contributed by atoms with van der Waals surface area (Å²) in [6.45, 7) is 6.72. The van der Waals surface area contributed by atoms with Crippen molar-refractivity contribution in [3.8, 4) is 23.5 Å². The molecule has 4 rings (SSSR count). The number of benzene rings is 1. The van der Waals surface area contributed by atoms with Crippen LogP contribution in [0.5, 0.6) is 11.6 Å². The molecular formula is C34H49N5O5. The van der Waals surface area contributed by atoms with Crippen LogP contribution in [0.2, 0.25) is 0 Å². The standard InChI is InChI=1S/C34H49N5O5/c1-4-25-17-32(40)38-30(25)22-44-34-28-19-31(42-3)29(33(36)41)18-27(28)26(20-37-34)12-11-23-7-9-24(10-8-23)21-39(2)14-6-16-43-15-5-13-35/h18-20,23-25,30H,4-10,13-17,21-22,35H2,1-3H3,(H2,36,41)(H,38,40)/t23-,24-,25-,30-/m1/s1. The van der Waals surface area contributed by atoms with Crippen molar-refractivity contribution >= 4 is 22.6 Å². The smallest absolute Gasteiger partial charge is 0.252 e. The van der Waals surface area contributed by atoms with Crippen molar-refractivity contribution in [1.29, 1.82) is 0 Å². The second-order valence-electron chi connectivity index (χ2n) is 12.2. The number of fused-ring (bicyclic) bond motifs is 1. The monoisotopic (exact) mass is 607 g/mol. The summed E-state index contributed by atoms with van der Waals surface area (Å²) in [5.74, 6) is 8.28. The molecule has 10 heteroatoms. The lowest BCUT2D eigenvalue weighted by molar-refractivity contribution is -0.119. The highest BCUT2D eigenvalue weighted by molar-refractivity contribution is 6.03. The maximum atomic E-state index is 12.2. The molecular weight excluding hydrogens is 558 g/mol. The Morgan fingerprint density at radius 3 is 2.64 bits per heavy atom. The zero-order valence-electron chi connectivity index (χ0n) is 26.5. The van der Waals surface area contributed by atoms with Gasteiger partial charge in [0, 0.05) is 55.6 Å². The maximum Gasteiger partial charge on any atom is 0.252 e. The Kier molecular flexibility index (Phi) is 12.7. The Balaban J connectivity index is 1.42. The van der Waals surface area contributed by atoms with Crippen LogP contribution in [0, 0.1) is 29.6 Å². The van der Waals surface area contributed by atoms with E-state index >= 15 is 0 Å². The predicted molar refractivity (Wildman–Crippen MR) is 172 cm³/mol. The van der Waals surface area contributed by atoms with E-state index < -0.39 is 5.91 Å². The van der Waals surface area contributed by atoms with Gasteiger partial charge in [0.15, 0.2) is 0 Å². The number of primary amides is 1. The van der Waals surface area contributed by atoms with Crippen LogP contribution in [-0.2, 0) is 9.53 Å². The Morgan fingerprint density at radius 1 is 1.16 bits per heavy atom. The Bertz CT molecular complexity index is 1330. The molecule has 0 unspecified atom stereocenters. The van der Waals surface area contributed by atoms with Crippen LogP contribution < -0.4 is 26.3 Å². The van der Waals surface area contributed by atoms with Crippen LogP contribution in [0.1, 0.15) is 74.2 Å². The van der Waals surface area contributed by atoms with Crippen LogP contribution in [0.4, 0.5) is 0 Å². The second-order valence-corrected chi connectivity index (χ2v) is 12.2. The first-order chi connectivity index (χ1) is 21.3. The van der Waals surface area contributed by atoms with E-state index in [0.29, 0.717) is 54.0 Å². The SMILES string of the molecule is CC[C@@H]1CC(=O)N[C@@H]1COc1ncc(C#C[C@H]2CC[C@H](CN(C)CCCOCCCN)CC2)c2cc(C(N)=O)c(OC)cc12. The number of methoxy groups -OCH3 is 1. The zero-order valence-corrected chi connectivity index (χ0v) is 26.5. The van der Waals surface area contributed by atoms with Crippen molar-refractivity contribution in [1.82, 2.24) is 15.2 Å². The molecule has 2 fully saturated rings. The number of amides is 2. The summed E-state index contributed by atoms with van der Waals surface area (Å²) < 4.78 is 17.3. The normalized spacial score (nSPS) is 21.6. The van der Waals surface area contributed by atoms with Crippen LogP contribution in [0.15, 0.2) is 18.3 Å². The van der Waals surface area contributed by atoms with Gasteiger partial charge in [-0.3, -0.25) is 9.59 Å². The molecule has 0 bridgehead atoms. The van der Waals surface area contributed by atoms with Gasteiger partial charge in [0.1, 0.15) is 12.4 Å². The molecule has 2 amide bonds. The molecule has 1 saturated carbocycles. The number of hydrogen-bond acceptors (Lipinski definition) is 8. The predicted octanol–water partition coefficient (Wildman–Crippen LogP) is 3.48. The topological polar surface area (TPSA) is 142 Å². The van der Waals surface area contributed by atoms with Crippen LogP contribution in [-0.4, -0.2) is 81.4 Å². The average molecular weight is 608 g/mol. The number of pyridine rings is 1. The van der Waals surface area contributed by atoms with Gasteiger partial charge in [-0.25, -0.2) is 4.98 Å². The number of hydrogen-bond donors (Lipinski definition) is 3. The zero-order chi connectivity index (χ0) is 31.5. The first-order valence-corrected chi connectivity index (χ1v) is 16.0. The van der Waals surface area contributed by atoms with Gasteiger partial charge in [-0.2, -0.15) is 0 Å². The summed E-state index contributed by atoms with van der Waals surface area (Å²) in [6.07, 6.45) is 9.48. The largest absolute Gasteiger partial charge is 0.496 e. The molecule has 2 heterocycles. The summed E-state index contributed by atoms with van der Waals surface area (Å²) in [5, 5.41) is 4.43. The maximum absolute atomic E-state index is 12.2. The number of carbonyl (C=O) groups is 2. The average Bonchev–Trinajstić information content (AvgIpc) is 3.40. The highest BCUT2D eigenvalue weighted by Crippen LogP contribution is 2.34. The summed E-state index contributed by atoms with van der Waals surface area (Å²) in [6, 6.07) is 3.38. The molecule has 10 nitrogen and oxygen atoms in total. The first kappa shape index (κ1) is 33.5. The van der Waals surface area contributed by atoms with E-state index in [1.165, 1.54) is 7.11 Å². The lowest BCUT2D eigenvalue weighted by atomic mass is 9.82. The fraction of sp³-hybridized carbons (Fsp3) is 0.618. The molecule has 240 valence electrons. The summed E-state index contributed by atoms with van der Waals surface area (Å²) >= 11 is 0. The van der Waals surface area contributed by atoms with Gasteiger partial charge in [0.25, 0.3) is 5.91 Å². The third-order valence-corrected chi connectivity index (χ3v) is 8.87. The van der Waals surface area contributed by atoms with E-state index in [1.54, 1.807) is 18.3 Å². The van der Waals surface area contributed by atoms with Gasteiger partial charge in [-0.1, -0.05) is 25.2 Å². The van der Waals surface area contributed by atoms with Crippen LogP contribution in [0.3, 0.4) is 0 Å². The highest BCUT2D eigenvalue weighted by Gasteiger charge is 2.31. The fourth-order valence-electron chi connectivity index (χ4n) is 6.28. The van der Waals surface area contributed by atoms with E-state index in [1.807, 2.05) is 0 Å². The molecule has 2 aliphatic rings. The molecule has 1 saturated heterocycles. The molecule has 2 aromatic rings. The Labute approximate surface area is 261 Å². The van der Waals surface area contributed by atoms with Gasteiger partial charge in [0.2, 0.25) is 11.8 Å². The third kappa shape index (κ3) is 9.07. The number of carbonyl (C=O) groups excluding carboxylic acids is 2. The second kappa shape index (κ2) is 16.6. The highest BCUT2D eigenvalue weighted by atomic mass is 16.5. The van der Waals surface area contributed by atoms with Crippen LogP contribution in [0.25, 0.3) is 10.8 Å². The number of rotatable bonds is 15. The number of nitrogens with zero attached hydrogens (tertiary/aromatic N) is 2. The minimum absolute atomic E-state index is 0.0440. The van der Waals surface area contributed by atoms with Gasteiger partial charge >= 0.3 is 0 Å². The minimum Gasteiger partial charge on any atom is -0.496 e. The molecule has 2 atom stereocenters. The first-order valence-electron chi connectivity index (χ1n) is 16.0. The molecule has 0 spiro atoms. The van der Waals surface area contributed by atoms with E-state index in [4.69, 9.17) is 25.7 Å². The number of aromatic nitrogens is 1. The van der Waals surface area contributed by atoms with Gasteiger partial charge in [-0.05, 0) is 76.1 Å². The van der Waals surface area contributed by atoms with Gasteiger partial charge in [0.05, 0.1) is 24.3 Å². The van der Waals surface area contributed by atoms with E-state index in [-0.39, 0.29) is 23.4 Å². The summed E-state index contributed by atoms with van der Waals surface area (Å²) in [4.78, 5) is 31.2. The Morgan fingerprint density at radius 2 is 1.93 bits per heavy atom. The van der Waals surface area contributed by atoms with Crippen molar-refractivity contribution in [2.45, 2.75) is 64.3 Å². The number of ether oxygens (including phenoxy) is 3. The number of nitrogens with one attached hydrogen (secondary N) is 1. The van der Waals surface area contributed by atoms with Crippen molar-refractivity contribution in [3.63, 3.8) is 0 Å². The molecule has 1 aromatic carbocycles. The van der Waals surface area contributed by atoms with Crippen LogP contribution >= 0.6 is 0 Å².